The van der Waals surface area contributed by atoms with E-state index in [2.05, 4.69) is 9.88 Å². The van der Waals surface area contributed by atoms with Crippen LogP contribution in [0.4, 0.5) is 5.82 Å². The molecular formula is C17H19N3O4S. The minimum absolute atomic E-state index is 0.0560. The fraction of sp³-hybridized carbons (Fsp3) is 0.235. The van der Waals surface area contributed by atoms with Gasteiger partial charge < -0.3 is 15.0 Å². The van der Waals surface area contributed by atoms with Crippen molar-refractivity contribution in [1.82, 2.24) is 5.16 Å². The van der Waals surface area contributed by atoms with E-state index in [4.69, 9.17) is 15.0 Å². The van der Waals surface area contributed by atoms with Gasteiger partial charge in [0.2, 0.25) is 0 Å². The Bertz CT molecular complexity index is 1010. The number of hydrogen-bond donors (Lipinski definition) is 2. The highest BCUT2D eigenvalue weighted by Gasteiger charge is 2.23. The Balaban J connectivity index is 2.05. The van der Waals surface area contributed by atoms with Gasteiger partial charge in [0.25, 0.3) is 10.0 Å². The monoisotopic (exact) mass is 361 g/mol. The Morgan fingerprint density at radius 2 is 1.96 bits per heavy atom. The standard InChI is InChI=1S/C17H19N3O4S/c1-3-11-4-7-15(23-2)16(9-11)25(21,22)20-17-13-8-12(10-18)5-6-14(13)24-19-17/h4-9H,3,10,18H2,1-2H3,(H,19,20). The van der Waals surface area contributed by atoms with Gasteiger partial charge in [0.05, 0.1) is 12.5 Å². The molecule has 0 bridgehead atoms. The fourth-order valence-corrected chi connectivity index (χ4v) is 3.75. The number of sulfonamides is 1. The molecule has 0 unspecified atom stereocenters. The molecule has 132 valence electrons. The smallest absolute Gasteiger partial charge is 0.266 e. The molecule has 0 fully saturated rings. The second kappa shape index (κ2) is 6.73. The third kappa shape index (κ3) is 3.31. The third-order valence-electron chi connectivity index (χ3n) is 3.93. The van der Waals surface area contributed by atoms with Gasteiger partial charge in [-0.25, -0.2) is 8.42 Å². The zero-order valence-corrected chi connectivity index (χ0v) is 14.8. The number of nitrogens with two attached hydrogens (primary N) is 1. The Hall–Kier alpha value is -2.58. The second-order valence-corrected chi connectivity index (χ2v) is 7.16. The van der Waals surface area contributed by atoms with Gasteiger partial charge in [-0.05, 0) is 41.8 Å². The van der Waals surface area contributed by atoms with Crippen LogP contribution in [0.3, 0.4) is 0 Å². The number of hydrogen-bond acceptors (Lipinski definition) is 6. The van der Waals surface area contributed by atoms with Crippen molar-refractivity contribution in [3.63, 3.8) is 0 Å². The topological polar surface area (TPSA) is 107 Å². The number of ether oxygens (including phenoxy) is 1. The number of benzene rings is 2. The largest absolute Gasteiger partial charge is 0.495 e. The van der Waals surface area contributed by atoms with E-state index in [1.165, 1.54) is 7.11 Å². The highest BCUT2D eigenvalue weighted by Crippen LogP contribution is 2.30. The molecule has 0 amide bonds. The Kier molecular flexibility index (Phi) is 4.65. The van der Waals surface area contributed by atoms with Crippen LogP contribution >= 0.6 is 0 Å². The molecule has 25 heavy (non-hydrogen) atoms. The molecule has 2 aromatic carbocycles. The van der Waals surface area contributed by atoms with Gasteiger partial charge in [-0.2, -0.15) is 0 Å². The first-order valence-corrected chi connectivity index (χ1v) is 9.25. The average molecular weight is 361 g/mol. The molecule has 1 aromatic heterocycles. The highest BCUT2D eigenvalue weighted by atomic mass is 32.2. The number of rotatable bonds is 6. The quantitative estimate of drug-likeness (QED) is 0.699. The van der Waals surface area contributed by atoms with Crippen LogP contribution in [0.15, 0.2) is 45.8 Å². The van der Waals surface area contributed by atoms with E-state index in [-0.39, 0.29) is 16.5 Å². The summed E-state index contributed by atoms with van der Waals surface area (Å²) in [6, 6.07) is 10.3. The van der Waals surface area contributed by atoms with Crippen LogP contribution < -0.4 is 15.2 Å². The van der Waals surface area contributed by atoms with E-state index in [9.17, 15) is 8.42 Å². The molecular weight excluding hydrogens is 342 g/mol. The first-order valence-electron chi connectivity index (χ1n) is 7.76. The number of fused-ring (bicyclic) bond motifs is 1. The summed E-state index contributed by atoms with van der Waals surface area (Å²) in [5.41, 5.74) is 7.85. The van der Waals surface area contributed by atoms with Crippen LogP contribution in [0.2, 0.25) is 0 Å². The first kappa shape index (κ1) is 17.2. The molecule has 0 radical (unpaired) electrons. The van der Waals surface area contributed by atoms with Crippen molar-refractivity contribution >= 4 is 26.8 Å². The summed E-state index contributed by atoms with van der Waals surface area (Å²) in [5.74, 6) is 0.384. The summed E-state index contributed by atoms with van der Waals surface area (Å²) in [4.78, 5) is 0.0560. The van der Waals surface area contributed by atoms with Crippen molar-refractivity contribution < 1.29 is 17.7 Å². The molecule has 0 aliphatic heterocycles. The molecule has 3 aromatic rings. The maximum atomic E-state index is 12.8. The third-order valence-corrected chi connectivity index (χ3v) is 5.29. The number of anilines is 1. The normalized spacial score (nSPS) is 11.6. The lowest BCUT2D eigenvalue weighted by atomic mass is 10.1. The minimum atomic E-state index is -3.90. The number of nitrogens with zero attached hydrogens (tertiary/aromatic N) is 1. The number of methoxy groups -OCH3 is 1. The lowest BCUT2D eigenvalue weighted by Crippen LogP contribution is -2.15. The zero-order chi connectivity index (χ0) is 18.0. The molecule has 0 aliphatic carbocycles. The Labute approximate surface area is 145 Å². The van der Waals surface area contributed by atoms with Crippen LogP contribution in [-0.2, 0) is 23.0 Å². The van der Waals surface area contributed by atoms with E-state index in [1.807, 2.05) is 13.0 Å². The van der Waals surface area contributed by atoms with Crippen LogP contribution in [0.25, 0.3) is 11.0 Å². The summed E-state index contributed by atoms with van der Waals surface area (Å²) < 4.78 is 38.6. The van der Waals surface area contributed by atoms with Gasteiger partial charge in [0.15, 0.2) is 11.4 Å². The van der Waals surface area contributed by atoms with Crippen molar-refractivity contribution in [2.24, 2.45) is 5.73 Å². The maximum Gasteiger partial charge on any atom is 0.266 e. The Morgan fingerprint density at radius 3 is 2.64 bits per heavy atom. The summed E-state index contributed by atoms with van der Waals surface area (Å²) in [6.07, 6.45) is 0.708. The number of aromatic nitrogens is 1. The fourth-order valence-electron chi connectivity index (χ4n) is 2.52. The Morgan fingerprint density at radius 1 is 1.20 bits per heavy atom. The van der Waals surface area contributed by atoms with Gasteiger partial charge in [0, 0.05) is 6.54 Å². The van der Waals surface area contributed by atoms with Gasteiger partial charge in [0.1, 0.15) is 10.6 Å². The molecule has 3 rings (SSSR count). The molecule has 0 atom stereocenters. The molecule has 0 spiro atoms. The average Bonchev–Trinajstić information content (AvgIpc) is 3.02. The summed E-state index contributed by atoms with van der Waals surface area (Å²) in [6.45, 7) is 2.28. The van der Waals surface area contributed by atoms with E-state index in [0.717, 1.165) is 11.1 Å². The van der Waals surface area contributed by atoms with E-state index in [0.29, 0.717) is 23.9 Å². The second-order valence-electron chi connectivity index (χ2n) is 5.51. The van der Waals surface area contributed by atoms with Gasteiger partial charge in [-0.3, -0.25) is 4.72 Å². The molecule has 0 saturated heterocycles. The lowest BCUT2D eigenvalue weighted by Gasteiger charge is -2.11. The van der Waals surface area contributed by atoms with Gasteiger partial charge >= 0.3 is 0 Å². The van der Waals surface area contributed by atoms with Crippen molar-refractivity contribution in [3.05, 3.63) is 47.5 Å². The molecule has 7 nitrogen and oxygen atoms in total. The highest BCUT2D eigenvalue weighted by molar-refractivity contribution is 7.92. The SMILES string of the molecule is CCc1ccc(OC)c(S(=O)(=O)Nc2noc3ccc(CN)cc23)c1. The summed E-state index contributed by atoms with van der Waals surface area (Å²) in [7, 11) is -2.47. The van der Waals surface area contributed by atoms with Crippen LogP contribution in [0.1, 0.15) is 18.1 Å². The molecule has 8 heteroatoms. The maximum absolute atomic E-state index is 12.8. The van der Waals surface area contributed by atoms with Crippen molar-refractivity contribution in [2.45, 2.75) is 24.8 Å². The van der Waals surface area contributed by atoms with Crippen molar-refractivity contribution in [3.8, 4) is 5.75 Å². The van der Waals surface area contributed by atoms with Gasteiger partial charge in [-0.1, -0.05) is 24.2 Å². The lowest BCUT2D eigenvalue weighted by molar-refractivity contribution is 0.402. The predicted molar refractivity (Wildman–Crippen MR) is 95.1 cm³/mol. The summed E-state index contributed by atoms with van der Waals surface area (Å²) in [5, 5.41) is 4.39. The summed E-state index contributed by atoms with van der Waals surface area (Å²) >= 11 is 0. The van der Waals surface area contributed by atoms with Crippen molar-refractivity contribution in [1.29, 1.82) is 0 Å². The predicted octanol–water partition coefficient (Wildman–Crippen LogP) is 2.66. The van der Waals surface area contributed by atoms with E-state index >= 15 is 0 Å². The number of aryl methyl sites for hydroxylation is 1. The molecule has 0 aliphatic rings. The molecule has 0 saturated carbocycles. The van der Waals surface area contributed by atoms with E-state index in [1.54, 1.807) is 30.3 Å². The van der Waals surface area contributed by atoms with Crippen LogP contribution in [0, 0.1) is 0 Å². The van der Waals surface area contributed by atoms with Crippen LogP contribution in [0.5, 0.6) is 5.75 Å². The van der Waals surface area contributed by atoms with E-state index < -0.39 is 10.0 Å². The minimum Gasteiger partial charge on any atom is -0.495 e. The zero-order valence-electron chi connectivity index (χ0n) is 13.9. The molecule has 3 N–H and O–H groups in total. The van der Waals surface area contributed by atoms with Crippen LogP contribution in [-0.4, -0.2) is 20.7 Å². The molecule has 1 heterocycles. The number of nitrogens with one attached hydrogen (secondary N) is 1. The first-order chi connectivity index (χ1) is 12.0. The van der Waals surface area contributed by atoms with Gasteiger partial charge in [-0.15, -0.1) is 0 Å². The van der Waals surface area contributed by atoms with Crippen molar-refractivity contribution in [2.75, 3.05) is 11.8 Å².